The Morgan fingerprint density at radius 1 is 1.15 bits per heavy atom. The van der Waals surface area contributed by atoms with E-state index in [2.05, 4.69) is 23.5 Å². The van der Waals surface area contributed by atoms with E-state index in [9.17, 15) is 13.2 Å². The maximum atomic E-state index is 13.3. The van der Waals surface area contributed by atoms with Crippen LogP contribution in [0.25, 0.3) is 0 Å². The second-order valence-electron chi connectivity index (χ2n) is 10.1. The first-order chi connectivity index (χ1) is 16.1. The van der Waals surface area contributed by atoms with Crippen LogP contribution in [-0.4, -0.2) is 82.9 Å². The molecule has 1 aromatic carbocycles. The molecule has 1 aromatic rings. The second kappa shape index (κ2) is 11.7. The second-order valence-corrected chi connectivity index (χ2v) is 11.9. The first-order valence-electron chi connectivity index (χ1n) is 12.3. The minimum Gasteiger partial charge on any atom is -0.491 e. The van der Waals surface area contributed by atoms with E-state index in [1.807, 2.05) is 0 Å². The van der Waals surface area contributed by atoms with Crippen LogP contribution in [0.3, 0.4) is 0 Å². The van der Waals surface area contributed by atoms with Gasteiger partial charge < -0.3 is 14.4 Å². The minimum atomic E-state index is -3.47. The van der Waals surface area contributed by atoms with E-state index >= 15 is 0 Å². The highest BCUT2D eigenvalue weighted by molar-refractivity contribution is 7.92. The minimum absolute atomic E-state index is 0.115. The van der Waals surface area contributed by atoms with Gasteiger partial charge in [-0.25, -0.2) is 8.42 Å². The monoisotopic (exact) mass is 495 g/mol. The van der Waals surface area contributed by atoms with Gasteiger partial charge in [-0.2, -0.15) is 0 Å². The summed E-state index contributed by atoms with van der Waals surface area (Å²) < 4.78 is 37.9. The van der Waals surface area contributed by atoms with Crippen LogP contribution in [0.2, 0.25) is 0 Å². The third kappa shape index (κ3) is 7.33. The zero-order valence-electron chi connectivity index (χ0n) is 21.2. The third-order valence-corrected chi connectivity index (χ3v) is 7.70. The fourth-order valence-corrected chi connectivity index (χ4v) is 5.64. The van der Waals surface area contributed by atoms with Crippen molar-refractivity contribution in [2.45, 2.75) is 58.1 Å². The van der Waals surface area contributed by atoms with Gasteiger partial charge in [0.1, 0.15) is 12.4 Å². The molecule has 1 aliphatic heterocycles. The molecule has 0 spiro atoms. The molecule has 2 aliphatic rings. The lowest BCUT2D eigenvalue weighted by Crippen LogP contribution is -2.48. The van der Waals surface area contributed by atoms with Crippen molar-refractivity contribution in [3.63, 3.8) is 0 Å². The summed E-state index contributed by atoms with van der Waals surface area (Å²) in [6, 6.07) is 5.02. The van der Waals surface area contributed by atoms with Gasteiger partial charge in [-0.1, -0.05) is 26.2 Å². The fourth-order valence-electron chi connectivity index (χ4n) is 5.08. The zero-order valence-corrected chi connectivity index (χ0v) is 22.1. The van der Waals surface area contributed by atoms with Gasteiger partial charge in [0.05, 0.1) is 17.9 Å². The molecular weight excluding hydrogens is 454 g/mol. The number of benzene rings is 1. The van der Waals surface area contributed by atoms with E-state index in [0.717, 1.165) is 19.3 Å². The number of ether oxygens (including phenoxy) is 2. The van der Waals surface area contributed by atoms with Crippen molar-refractivity contribution in [1.29, 1.82) is 0 Å². The Hall–Kier alpha value is -1.84. The smallest absolute Gasteiger partial charge is 0.257 e. The molecule has 0 aromatic heterocycles. The average molecular weight is 496 g/mol. The van der Waals surface area contributed by atoms with Gasteiger partial charge in [0, 0.05) is 45.5 Å². The highest BCUT2D eigenvalue weighted by Crippen LogP contribution is 2.29. The van der Waals surface area contributed by atoms with Crippen LogP contribution in [0, 0.1) is 11.8 Å². The van der Waals surface area contributed by atoms with Gasteiger partial charge in [0.15, 0.2) is 0 Å². The van der Waals surface area contributed by atoms with Gasteiger partial charge >= 0.3 is 0 Å². The fraction of sp³-hybridized carbons (Fsp3) is 0.720. The van der Waals surface area contributed by atoms with Crippen LogP contribution >= 0.6 is 0 Å². The Balaban J connectivity index is 1.91. The molecule has 0 unspecified atom stereocenters. The van der Waals surface area contributed by atoms with Gasteiger partial charge in [-0.15, -0.1) is 0 Å². The molecule has 0 saturated heterocycles. The molecule has 1 fully saturated rings. The number of nitrogens with one attached hydrogen (secondary N) is 1. The number of amides is 1. The van der Waals surface area contributed by atoms with E-state index in [1.54, 1.807) is 37.3 Å². The number of anilines is 1. The first kappa shape index (κ1) is 26.8. The predicted molar refractivity (Wildman–Crippen MR) is 135 cm³/mol. The summed E-state index contributed by atoms with van der Waals surface area (Å²) >= 11 is 0. The summed E-state index contributed by atoms with van der Waals surface area (Å²) in [5, 5.41) is 0. The lowest BCUT2D eigenvalue weighted by atomic mass is 9.88. The maximum absolute atomic E-state index is 13.3. The number of rotatable bonds is 5. The van der Waals surface area contributed by atoms with Crippen molar-refractivity contribution in [3.8, 4) is 5.75 Å². The summed E-state index contributed by atoms with van der Waals surface area (Å²) in [6.45, 7) is 7.17. The predicted octanol–water partition coefficient (Wildman–Crippen LogP) is 3.44. The van der Waals surface area contributed by atoms with Crippen molar-refractivity contribution < 1.29 is 22.7 Å². The maximum Gasteiger partial charge on any atom is 0.257 e. The zero-order chi connectivity index (χ0) is 24.9. The van der Waals surface area contributed by atoms with Crippen LogP contribution in [0.4, 0.5) is 5.69 Å². The topological polar surface area (TPSA) is 88.2 Å². The Kier molecular flexibility index (Phi) is 9.23. The summed E-state index contributed by atoms with van der Waals surface area (Å²) in [5.41, 5.74) is 0.674. The third-order valence-electron chi connectivity index (χ3n) is 7.09. The first-order valence-corrected chi connectivity index (χ1v) is 14.2. The number of fused-ring (bicyclic) bond motifs is 1. The summed E-state index contributed by atoms with van der Waals surface area (Å²) in [4.78, 5) is 17.5. The largest absolute Gasteiger partial charge is 0.491 e. The summed E-state index contributed by atoms with van der Waals surface area (Å²) in [6.07, 6.45) is 7.49. The number of carbonyl (C=O) groups excluding carboxylic acids is 1. The van der Waals surface area contributed by atoms with Crippen LogP contribution in [0.1, 0.15) is 56.3 Å². The summed E-state index contributed by atoms with van der Waals surface area (Å²) in [5.74, 6) is 1.17. The number of hydrogen-bond donors (Lipinski definition) is 1. The number of carbonyl (C=O) groups is 1. The normalized spacial score (nSPS) is 26.2. The molecule has 1 N–H and O–H groups in total. The highest BCUT2D eigenvalue weighted by atomic mass is 32.2. The van der Waals surface area contributed by atoms with Crippen molar-refractivity contribution >= 4 is 21.6 Å². The van der Waals surface area contributed by atoms with Crippen LogP contribution in [-0.2, 0) is 14.8 Å². The van der Waals surface area contributed by atoms with Crippen LogP contribution in [0.15, 0.2) is 18.2 Å². The van der Waals surface area contributed by atoms with Crippen molar-refractivity contribution in [1.82, 2.24) is 9.80 Å². The standard InChI is InChI=1S/C25H41N3O5S/c1-18-14-28(15-20-9-7-6-8-10-20)19(2)17-33-23-12-11-21(26-34(5,30)31)13-22(23)25(29)27(3)16-24(18)32-4/h11-13,18-20,24,26H,6-10,14-17H2,1-5H3/t18-,19+,24-/m0/s1. The molecule has 8 nitrogen and oxygen atoms in total. The van der Waals surface area contributed by atoms with Crippen molar-refractivity contribution in [3.05, 3.63) is 23.8 Å². The summed E-state index contributed by atoms with van der Waals surface area (Å²) in [7, 11) is -0.0218. The molecule has 34 heavy (non-hydrogen) atoms. The number of methoxy groups -OCH3 is 1. The Labute approximate surface area is 205 Å². The SMILES string of the molecule is CO[C@H]1CN(C)C(=O)c2cc(NS(C)(=O)=O)ccc2OC[C@@H](C)N(CC2CCCCC2)C[C@@H]1C. The molecule has 0 radical (unpaired) electrons. The molecule has 1 heterocycles. The molecule has 1 aliphatic carbocycles. The van der Waals surface area contributed by atoms with E-state index in [0.29, 0.717) is 36.1 Å². The lowest BCUT2D eigenvalue weighted by molar-refractivity contribution is 0.00690. The quantitative estimate of drug-likeness (QED) is 0.673. The number of sulfonamides is 1. The van der Waals surface area contributed by atoms with Crippen LogP contribution < -0.4 is 9.46 Å². The molecule has 1 saturated carbocycles. The van der Waals surface area contributed by atoms with Crippen molar-refractivity contribution in [2.75, 3.05) is 51.4 Å². The van der Waals surface area contributed by atoms with E-state index in [1.165, 1.54) is 32.1 Å². The van der Waals surface area contributed by atoms with Crippen molar-refractivity contribution in [2.24, 2.45) is 11.8 Å². The molecule has 3 atom stereocenters. The van der Waals surface area contributed by atoms with E-state index in [4.69, 9.17) is 9.47 Å². The Morgan fingerprint density at radius 3 is 2.50 bits per heavy atom. The number of hydrogen-bond acceptors (Lipinski definition) is 6. The molecule has 192 valence electrons. The van der Waals surface area contributed by atoms with E-state index < -0.39 is 10.0 Å². The highest BCUT2D eigenvalue weighted by Gasteiger charge is 2.30. The Morgan fingerprint density at radius 2 is 1.85 bits per heavy atom. The van der Waals surface area contributed by atoms with Crippen LogP contribution in [0.5, 0.6) is 5.75 Å². The van der Waals surface area contributed by atoms with E-state index in [-0.39, 0.29) is 24.0 Å². The Bertz CT molecular complexity index is 932. The van der Waals surface area contributed by atoms with Gasteiger partial charge in [0.25, 0.3) is 5.91 Å². The number of likely N-dealkylation sites (N-methyl/N-ethyl adjacent to an activating group) is 1. The van der Waals surface area contributed by atoms with Gasteiger partial charge in [-0.05, 0) is 49.8 Å². The molecule has 1 amide bonds. The molecule has 0 bridgehead atoms. The number of nitrogens with zero attached hydrogens (tertiary/aromatic N) is 2. The van der Waals surface area contributed by atoms with Gasteiger partial charge in [0.2, 0.25) is 10.0 Å². The average Bonchev–Trinajstić information content (AvgIpc) is 2.79. The lowest BCUT2D eigenvalue weighted by Gasteiger charge is -2.38. The molecular formula is C25H41N3O5S. The molecule has 9 heteroatoms. The van der Waals surface area contributed by atoms with Gasteiger partial charge in [-0.3, -0.25) is 14.4 Å². The molecule has 3 rings (SSSR count).